The molecule has 1 saturated carbocycles. The van der Waals surface area contributed by atoms with Gasteiger partial charge in [-0.15, -0.1) is 0 Å². The number of sulfonamides is 1. The molecule has 2 rings (SSSR count). The summed E-state index contributed by atoms with van der Waals surface area (Å²) in [4.78, 5) is 0. The van der Waals surface area contributed by atoms with Gasteiger partial charge in [0.2, 0.25) is 10.0 Å². The summed E-state index contributed by atoms with van der Waals surface area (Å²) in [6.45, 7) is 2.38. The van der Waals surface area contributed by atoms with E-state index in [1.807, 2.05) is 31.2 Å². The summed E-state index contributed by atoms with van der Waals surface area (Å²) in [7, 11) is -3.11. The minimum Gasteiger partial charge on any atom is -0.212 e. The molecule has 1 aliphatic carbocycles. The molecule has 0 bridgehead atoms. The predicted octanol–water partition coefficient (Wildman–Crippen LogP) is 3.15. The minimum atomic E-state index is -3.11. The minimum absolute atomic E-state index is 0.216. The quantitative estimate of drug-likeness (QED) is 0.802. The average molecular weight is 332 g/mol. The molecule has 1 aromatic rings. The summed E-state index contributed by atoms with van der Waals surface area (Å²) in [5.41, 5.74) is 1.03. The molecule has 18 heavy (non-hydrogen) atoms. The number of benzene rings is 1. The van der Waals surface area contributed by atoms with E-state index in [1.165, 1.54) is 0 Å². The lowest BCUT2D eigenvalue weighted by molar-refractivity contribution is 0.397. The summed E-state index contributed by atoms with van der Waals surface area (Å²) >= 11 is 3.48. The van der Waals surface area contributed by atoms with Crippen molar-refractivity contribution in [2.75, 3.05) is 5.75 Å². The first-order valence-corrected chi connectivity index (χ1v) is 8.67. The molecule has 0 spiro atoms. The van der Waals surface area contributed by atoms with Crippen LogP contribution in [0.3, 0.4) is 0 Å². The van der Waals surface area contributed by atoms with E-state index in [0.717, 1.165) is 22.9 Å². The first kappa shape index (κ1) is 14.0. The van der Waals surface area contributed by atoms with Gasteiger partial charge in [0.1, 0.15) is 0 Å². The fraction of sp³-hybridized carbons (Fsp3) is 0.538. The molecule has 1 aromatic carbocycles. The first-order chi connectivity index (χ1) is 8.54. The zero-order valence-electron chi connectivity index (χ0n) is 10.5. The number of rotatable bonds is 6. The Kier molecular flexibility index (Phi) is 4.45. The smallest absolute Gasteiger partial charge is 0.212 e. The molecule has 0 N–H and O–H groups in total. The molecular weight excluding hydrogens is 314 g/mol. The van der Waals surface area contributed by atoms with Crippen molar-refractivity contribution in [3.63, 3.8) is 0 Å². The molecule has 1 aliphatic rings. The SMILES string of the molecule is CCCS(=O)(=O)N(Cc1ccccc1Br)C1CC1. The van der Waals surface area contributed by atoms with Crippen molar-refractivity contribution in [2.24, 2.45) is 0 Å². The van der Waals surface area contributed by atoms with E-state index in [0.29, 0.717) is 13.0 Å². The van der Waals surface area contributed by atoms with Gasteiger partial charge >= 0.3 is 0 Å². The van der Waals surface area contributed by atoms with Gasteiger partial charge in [0, 0.05) is 17.1 Å². The largest absolute Gasteiger partial charge is 0.214 e. The monoisotopic (exact) mass is 331 g/mol. The second-order valence-electron chi connectivity index (χ2n) is 4.68. The lowest BCUT2D eigenvalue weighted by Gasteiger charge is -2.22. The van der Waals surface area contributed by atoms with E-state index < -0.39 is 10.0 Å². The zero-order valence-corrected chi connectivity index (χ0v) is 12.9. The summed E-state index contributed by atoms with van der Waals surface area (Å²) in [5.74, 6) is 0.244. The van der Waals surface area contributed by atoms with E-state index in [9.17, 15) is 8.42 Å². The Morgan fingerprint density at radius 2 is 2.00 bits per heavy atom. The Hall–Kier alpha value is -0.390. The van der Waals surface area contributed by atoms with E-state index in [-0.39, 0.29) is 11.8 Å². The molecule has 0 aromatic heterocycles. The summed E-state index contributed by atoms with van der Waals surface area (Å²) in [6.07, 6.45) is 2.66. The average Bonchev–Trinajstić information content (AvgIpc) is 3.11. The summed E-state index contributed by atoms with van der Waals surface area (Å²) in [6, 6.07) is 8.02. The first-order valence-electron chi connectivity index (χ1n) is 6.27. The lowest BCUT2D eigenvalue weighted by Crippen LogP contribution is -2.34. The highest BCUT2D eigenvalue weighted by molar-refractivity contribution is 9.10. The van der Waals surface area contributed by atoms with Crippen molar-refractivity contribution < 1.29 is 8.42 Å². The molecule has 0 saturated heterocycles. The summed E-state index contributed by atoms with van der Waals surface area (Å²) < 4.78 is 27.1. The van der Waals surface area contributed by atoms with Crippen LogP contribution >= 0.6 is 15.9 Å². The van der Waals surface area contributed by atoms with Gasteiger partial charge in [-0.3, -0.25) is 0 Å². The van der Waals surface area contributed by atoms with Gasteiger partial charge in [-0.25, -0.2) is 8.42 Å². The predicted molar refractivity (Wildman–Crippen MR) is 76.8 cm³/mol. The maximum Gasteiger partial charge on any atom is 0.214 e. The normalized spacial score (nSPS) is 16.2. The highest BCUT2D eigenvalue weighted by atomic mass is 79.9. The Labute approximate surface area is 117 Å². The van der Waals surface area contributed by atoms with E-state index in [4.69, 9.17) is 0 Å². The van der Waals surface area contributed by atoms with Gasteiger partial charge in [-0.1, -0.05) is 41.1 Å². The van der Waals surface area contributed by atoms with Gasteiger partial charge in [-0.2, -0.15) is 4.31 Å². The summed E-state index contributed by atoms with van der Waals surface area (Å²) in [5, 5.41) is 0. The third kappa shape index (κ3) is 3.33. The van der Waals surface area contributed by atoms with Crippen molar-refractivity contribution in [1.29, 1.82) is 0 Å². The van der Waals surface area contributed by atoms with Crippen molar-refractivity contribution >= 4 is 26.0 Å². The van der Waals surface area contributed by atoms with Crippen LogP contribution in [0.1, 0.15) is 31.7 Å². The van der Waals surface area contributed by atoms with Gasteiger partial charge in [-0.05, 0) is 30.9 Å². The van der Waals surface area contributed by atoms with Crippen LogP contribution in [-0.4, -0.2) is 24.5 Å². The highest BCUT2D eigenvalue weighted by Crippen LogP contribution is 2.32. The van der Waals surface area contributed by atoms with Crippen molar-refractivity contribution in [3.8, 4) is 0 Å². The molecule has 0 unspecified atom stereocenters. The fourth-order valence-corrected chi connectivity index (χ4v) is 4.15. The molecule has 0 heterocycles. The van der Waals surface area contributed by atoms with Gasteiger partial charge < -0.3 is 0 Å². The molecule has 100 valence electrons. The number of hydrogen-bond donors (Lipinski definition) is 0. The standard InChI is InChI=1S/C13H18BrNO2S/c1-2-9-18(16,17)15(12-7-8-12)10-11-5-3-4-6-13(11)14/h3-6,12H,2,7-10H2,1H3. The maximum atomic E-state index is 12.2. The van der Waals surface area contributed by atoms with Crippen molar-refractivity contribution in [1.82, 2.24) is 4.31 Å². The lowest BCUT2D eigenvalue weighted by atomic mass is 10.2. The Balaban J connectivity index is 2.20. The molecule has 0 aliphatic heterocycles. The number of halogens is 1. The molecule has 3 nitrogen and oxygen atoms in total. The molecular formula is C13H18BrNO2S. The number of nitrogens with zero attached hydrogens (tertiary/aromatic N) is 1. The number of hydrogen-bond acceptors (Lipinski definition) is 2. The topological polar surface area (TPSA) is 37.4 Å². The second-order valence-corrected chi connectivity index (χ2v) is 7.58. The van der Waals surface area contributed by atoms with Crippen molar-refractivity contribution in [2.45, 2.75) is 38.8 Å². The van der Waals surface area contributed by atoms with Crippen LogP contribution < -0.4 is 0 Å². The van der Waals surface area contributed by atoms with E-state index >= 15 is 0 Å². The van der Waals surface area contributed by atoms with E-state index in [1.54, 1.807) is 4.31 Å². The van der Waals surface area contributed by atoms with Gasteiger partial charge in [0.05, 0.1) is 5.75 Å². The van der Waals surface area contributed by atoms with Crippen LogP contribution in [-0.2, 0) is 16.6 Å². The third-order valence-corrected chi connectivity index (χ3v) is 5.90. The van der Waals surface area contributed by atoms with Crippen LogP contribution in [0.2, 0.25) is 0 Å². The molecule has 5 heteroatoms. The van der Waals surface area contributed by atoms with Crippen LogP contribution in [0.5, 0.6) is 0 Å². The van der Waals surface area contributed by atoms with Gasteiger partial charge in [0.25, 0.3) is 0 Å². The van der Waals surface area contributed by atoms with Crippen LogP contribution in [0.15, 0.2) is 28.7 Å². The Morgan fingerprint density at radius 1 is 1.33 bits per heavy atom. The molecule has 0 radical (unpaired) electrons. The van der Waals surface area contributed by atoms with Gasteiger partial charge in [0.15, 0.2) is 0 Å². The van der Waals surface area contributed by atoms with Crippen LogP contribution in [0.4, 0.5) is 0 Å². The molecule has 1 fully saturated rings. The third-order valence-electron chi connectivity index (χ3n) is 3.06. The molecule has 0 atom stereocenters. The Morgan fingerprint density at radius 3 is 2.56 bits per heavy atom. The van der Waals surface area contributed by atoms with Crippen LogP contribution in [0, 0.1) is 0 Å². The van der Waals surface area contributed by atoms with Crippen molar-refractivity contribution in [3.05, 3.63) is 34.3 Å². The zero-order chi connectivity index (χ0) is 13.2. The maximum absolute atomic E-state index is 12.2. The second kappa shape index (κ2) is 5.72. The van der Waals surface area contributed by atoms with E-state index in [2.05, 4.69) is 15.9 Å². The Bertz CT molecular complexity index is 511. The molecule has 0 amide bonds. The fourth-order valence-electron chi connectivity index (χ4n) is 1.99. The van der Waals surface area contributed by atoms with Crippen LogP contribution in [0.25, 0.3) is 0 Å². The highest BCUT2D eigenvalue weighted by Gasteiger charge is 2.36.